The Labute approximate surface area is 171 Å². The van der Waals surface area contributed by atoms with E-state index in [1.54, 1.807) is 18.2 Å². The first-order valence-electron chi connectivity index (χ1n) is 9.88. The van der Waals surface area contributed by atoms with Crippen LogP contribution in [-0.4, -0.2) is 11.7 Å². The smallest absolute Gasteiger partial charge is 0.248 e. The molecule has 0 aliphatic carbocycles. The number of nitrogens with one attached hydrogen (secondary N) is 1. The van der Waals surface area contributed by atoms with E-state index in [-0.39, 0.29) is 11.7 Å². The molecule has 148 valence electrons. The van der Waals surface area contributed by atoms with Gasteiger partial charge in [-0.2, -0.15) is 0 Å². The SMILES string of the molecule is C/C(=C/C(=O)Nc1ccccc1N)CCCCC(=O)c1cccc2ccccc12. The van der Waals surface area contributed by atoms with Crippen LogP contribution in [0, 0.1) is 0 Å². The van der Waals surface area contributed by atoms with Gasteiger partial charge in [0.15, 0.2) is 5.78 Å². The topological polar surface area (TPSA) is 72.2 Å². The Morgan fingerprint density at radius 2 is 1.59 bits per heavy atom. The monoisotopic (exact) mass is 386 g/mol. The van der Waals surface area contributed by atoms with Crippen LogP contribution in [0.1, 0.15) is 43.0 Å². The number of hydrogen-bond acceptors (Lipinski definition) is 3. The van der Waals surface area contributed by atoms with Crippen LogP contribution >= 0.6 is 0 Å². The van der Waals surface area contributed by atoms with Crippen LogP contribution in [0.4, 0.5) is 11.4 Å². The van der Waals surface area contributed by atoms with E-state index in [1.807, 2.05) is 61.5 Å². The van der Waals surface area contributed by atoms with Gasteiger partial charge in [-0.3, -0.25) is 9.59 Å². The Morgan fingerprint density at radius 1 is 0.897 bits per heavy atom. The molecule has 0 radical (unpaired) electrons. The number of carbonyl (C=O) groups excluding carboxylic acids is 2. The predicted octanol–water partition coefficient (Wildman–Crippen LogP) is 5.75. The Balaban J connectivity index is 1.48. The summed E-state index contributed by atoms with van der Waals surface area (Å²) in [5, 5.41) is 4.89. The van der Waals surface area contributed by atoms with E-state index >= 15 is 0 Å². The molecule has 0 saturated heterocycles. The lowest BCUT2D eigenvalue weighted by Gasteiger charge is -2.07. The van der Waals surface area contributed by atoms with Crippen molar-refractivity contribution >= 4 is 33.8 Å². The lowest BCUT2D eigenvalue weighted by atomic mass is 9.98. The molecule has 0 aliphatic rings. The molecule has 0 spiro atoms. The molecule has 0 saturated carbocycles. The van der Waals surface area contributed by atoms with Gasteiger partial charge in [0.25, 0.3) is 0 Å². The van der Waals surface area contributed by atoms with E-state index in [4.69, 9.17) is 5.73 Å². The highest BCUT2D eigenvalue weighted by Gasteiger charge is 2.09. The van der Waals surface area contributed by atoms with Crippen molar-refractivity contribution in [2.24, 2.45) is 0 Å². The number of allylic oxidation sites excluding steroid dienone is 1. The lowest BCUT2D eigenvalue weighted by molar-refractivity contribution is -0.112. The second kappa shape index (κ2) is 9.69. The quantitative estimate of drug-likeness (QED) is 0.224. The maximum Gasteiger partial charge on any atom is 0.248 e. The number of carbonyl (C=O) groups is 2. The molecule has 3 aromatic carbocycles. The molecule has 0 bridgehead atoms. The Bertz CT molecular complexity index is 1050. The number of benzene rings is 3. The van der Waals surface area contributed by atoms with Crippen molar-refractivity contribution in [1.82, 2.24) is 0 Å². The minimum Gasteiger partial charge on any atom is -0.397 e. The molecule has 0 atom stereocenters. The average Bonchev–Trinajstić information content (AvgIpc) is 2.72. The first-order chi connectivity index (χ1) is 14.0. The van der Waals surface area contributed by atoms with Gasteiger partial charge < -0.3 is 11.1 Å². The van der Waals surface area contributed by atoms with Crippen LogP contribution in [0.15, 0.2) is 78.4 Å². The lowest BCUT2D eigenvalue weighted by Crippen LogP contribution is -2.10. The number of unbranched alkanes of at least 4 members (excludes halogenated alkanes) is 1. The fourth-order valence-corrected chi connectivity index (χ4v) is 3.37. The molecule has 3 N–H and O–H groups in total. The van der Waals surface area contributed by atoms with Gasteiger partial charge in [0.05, 0.1) is 11.4 Å². The number of Topliss-reactive ketones (excluding diaryl/α,β-unsaturated/α-hetero) is 1. The molecule has 3 aromatic rings. The molecule has 0 aromatic heterocycles. The number of amides is 1. The highest BCUT2D eigenvalue weighted by molar-refractivity contribution is 6.08. The van der Waals surface area contributed by atoms with Crippen molar-refractivity contribution in [3.63, 3.8) is 0 Å². The van der Waals surface area contributed by atoms with E-state index in [0.29, 0.717) is 17.8 Å². The summed E-state index contributed by atoms with van der Waals surface area (Å²) in [6.07, 6.45) is 4.54. The zero-order chi connectivity index (χ0) is 20.6. The van der Waals surface area contributed by atoms with Crippen molar-refractivity contribution in [1.29, 1.82) is 0 Å². The summed E-state index contributed by atoms with van der Waals surface area (Å²) in [5.41, 5.74) is 8.76. The summed E-state index contributed by atoms with van der Waals surface area (Å²) in [6, 6.07) is 21.0. The molecular formula is C25H26N2O2. The first kappa shape index (κ1) is 20.3. The molecule has 4 heteroatoms. The zero-order valence-corrected chi connectivity index (χ0v) is 16.7. The van der Waals surface area contributed by atoms with Crippen LogP contribution < -0.4 is 11.1 Å². The predicted molar refractivity (Wildman–Crippen MR) is 120 cm³/mol. The summed E-state index contributed by atoms with van der Waals surface area (Å²) in [7, 11) is 0. The Kier molecular flexibility index (Phi) is 6.80. The van der Waals surface area contributed by atoms with Gasteiger partial charge in [-0.05, 0) is 49.1 Å². The van der Waals surface area contributed by atoms with E-state index in [0.717, 1.165) is 41.2 Å². The van der Waals surface area contributed by atoms with Crippen molar-refractivity contribution in [3.8, 4) is 0 Å². The average molecular weight is 386 g/mol. The van der Waals surface area contributed by atoms with Crippen LogP contribution in [0.5, 0.6) is 0 Å². The van der Waals surface area contributed by atoms with E-state index in [9.17, 15) is 9.59 Å². The van der Waals surface area contributed by atoms with Gasteiger partial charge in [0.2, 0.25) is 5.91 Å². The van der Waals surface area contributed by atoms with Gasteiger partial charge in [0, 0.05) is 18.1 Å². The minimum atomic E-state index is -0.188. The summed E-state index contributed by atoms with van der Waals surface area (Å²) >= 11 is 0. The van der Waals surface area contributed by atoms with Crippen molar-refractivity contribution in [2.45, 2.75) is 32.6 Å². The van der Waals surface area contributed by atoms with Crippen molar-refractivity contribution in [2.75, 3.05) is 11.1 Å². The molecule has 0 fully saturated rings. The van der Waals surface area contributed by atoms with Gasteiger partial charge in [-0.1, -0.05) is 60.2 Å². The highest BCUT2D eigenvalue weighted by Crippen LogP contribution is 2.21. The van der Waals surface area contributed by atoms with Crippen LogP contribution in [0.2, 0.25) is 0 Å². The normalized spacial score (nSPS) is 11.4. The zero-order valence-electron chi connectivity index (χ0n) is 16.7. The molecule has 4 nitrogen and oxygen atoms in total. The third-order valence-corrected chi connectivity index (χ3v) is 4.91. The Hall–Kier alpha value is -3.40. The summed E-state index contributed by atoms with van der Waals surface area (Å²) in [5.74, 6) is -0.0204. The minimum absolute atomic E-state index is 0.167. The number of nitrogens with two attached hydrogens (primary N) is 1. The number of anilines is 2. The standard InChI is InChI=1S/C25H26N2O2/c1-18(17-25(29)27-23-15-6-5-14-22(23)26)9-2-7-16-24(28)21-13-8-11-19-10-3-4-12-20(19)21/h3-6,8,10-15,17H,2,7,9,16,26H2,1H3,(H,27,29)/b18-17-. The third-order valence-electron chi connectivity index (χ3n) is 4.91. The van der Waals surface area contributed by atoms with E-state index in [1.165, 1.54) is 0 Å². The highest BCUT2D eigenvalue weighted by atomic mass is 16.1. The number of rotatable bonds is 8. The molecule has 0 unspecified atom stereocenters. The van der Waals surface area contributed by atoms with Crippen molar-refractivity contribution in [3.05, 3.63) is 83.9 Å². The summed E-state index contributed by atoms with van der Waals surface area (Å²) in [4.78, 5) is 24.8. The van der Waals surface area contributed by atoms with E-state index in [2.05, 4.69) is 5.32 Å². The molecule has 1 amide bonds. The number of para-hydroxylation sites is 2. The molecule has 29 heavy (non-hydrogen) atoms. The maximum absolute atomic E-state index is 12.6. The number of ketones is 1. The van der Waals surface area contributed by atoms with Crippen LogP contribution in [0.25, 0.3) is 10.8 Å². The fraction of sp³-hybridized carbons (Fsp3) is 0.200. The fourth-order valence-electron chi connectivity index (χ4n) is 3.37. The molecule has 0 heterocycles. The van der Waals surface area contributed by atoms with Crippen LogP contribution in [0.3, 0.4) is 0 Å². The maximum atomic E-state index is 12.6. The largest absolute Gasteiger partial charge is 0.397 e. The number of nitrogen functional groups attached to an aromatic ring is 1. The van der Waals surface area contributed by atoms with E-state index < -0.39 is 0 Å². The third kappa shape index (κ3) is 5.55. The summed E-state index contributed by atoms with van der Waals surface area (Å²) in [6.45, 7) is 1.93. The first-order valence-corrected chi connectivity index (χ1v) is 9.88. The molecular weight excluding hydrogens is 360 g/mol. The van der Waals surface area contributed by atoms with Gasteiger partial charge in [-0.15, -0.1) is 0 Å². The second-order valence-corrected chi connectivity index (χ2v) is 7.22. The molecule has 0 aliphatic heterocycles. The van der Waals surface area contributed by atoms with Crippen LogP contribution in [-0.2, 0) is 4.79 Å². The van der Waals surface area contributed by atoms with Gasteiger partial charge in [0.1, 0.15) is 0 Å². The van der Waals surface area contributed by atoms with Crippen molar-refractivity contribution < 1.29 is 9.59 Å². The van der Waals surface area contributed by atoms with Gasteiger partial charge in [-0.25, -0.2) is 0 Å². The van der Waals surface area contributed by atoms with Gasteiger partial charge >= 0.3 is 0 Å². The molecule has 3 rings (SSSR count). The Morgan fingerprint density at radius 3 is 2.41 bits per heavy atom. The second-order valence-electron chi connectivity index (χ2n) is 7.22. The number of hydrogen-bond donors (Lipinski definition) is 2. The summed E-state index contributed by atoms with van der Waals surface area (Å²) < 4.78 is 0. The number of fused-ring (bicyclic) bond motifs is 1.